The normalized spacial score (nSPS) is 10.5. The first-order valence-corrected chi connectivity index (χ1v) is 6.66. The van der Waals surface area contributed by atoms with Gasteiger partial charge in [0, 0.05) is 29.9 Å². The number of ether oxygens (including phenoxy) is 2. The van der Waals surface area contributed by atoms with Crippen molar-refractivity contribution in [2.75, 3.05) is 7.11 Å². The van der Waals surface area contributed by atoms with Gasteiger partial charge in [0.05, 0.1) is 12.8 Å². The summed E-state index contributed by atoms with van der Waals surface area (Å²) in [6.07, 6.45) is 1.74. The number of benzene rings is 1. The summed E-state index contributed by atoms with van der Waals surface area (Å²) >= 11 is 0. The van der Waals surface area contributed by atoms with Gasteiger partial charge in [-0.2, -0.15) is 0 Å². The second kappa shape index (κ2) is 6.54. The van der Waals surface area contributed by atoms with E-state index in [-0.39, 0.29) is 19.0 Å². The van der Waals surface area contributed by atoms with Crippen LogP contribution in [0.3, 0.4) is 0 Å². The van der Waals surface area contributed by atoms with Crippen LogP contribution in [0.1, 0.15) is 22.4 Å². The zero-order chi connectivity index (χ0) is 15.4. The van der Waals surface area contributed by atoms with Crippen molar-refractivity contribution in [2.24, 2.45) is 5.73 Å². The van der Waals surface area contributed by atoms with Crippen LogP contribution in [0.4, 0.5) is 4.39 Å². The number of halogens is 1. The molecule has 0 atom stereocenters. The van der Waals surface area contributed by atoms with Gasteiger partial charge in [0.1, 0.15) is 23.9 Å². The molecular formula is C16H19FN2O2. The van der Waals surface area contributed by atoms with E-state index < -0.39 is 0 Å². The van der Waals surface area contributed by atoms with Gasteiger partial charge >= 0.3 is 0 Å². The Kier molecular flexibility index (Phi) is 4.75. The van der Waals surface area contributed by atoms with Gasteiger partial charge in [-0.05, 0) is 31.5 Å². The van der Waals surface area contributed by atoms with E-state index in [1.807, 2.05) is 13.8 Å². The highest BCUT2D eigenvalue weighted by Crippen LogP contribution is 2.25. The van der Waals surface area contributed by atoms with Crippen molar-refractivity contribution in [3.05, 3.63) is 52.6 Å². The Bertz CT molecular complexity index is 644. The van der Waals surface area contributed by atoms with Crippen LogP contribution < -0.4 is 15.2 Å². The minimum absolute atomic E-state index is 0.246. The fourth-order valence-corrected chi connectivity index (χ4v) is 2.19. The first-order chi connectivity index (χ1) is 10.0. The maximum atomic E-state index is 13.4. The van der Waals surface area contributed by atoms with E-state index in [0.717, 1.165) is 22.6 Å². The highest BCUT2D eigenvalue weighted by Gasteiger charge is 2.10. The molecular weight excluding hydrogens is 271 g/mol. The van der Waals surface area contributed by atoms with E-state index in [1.165, 1.54) is 12.1 Å². The van der Waals surface area contributed by atoms with E-state index >= 15 is 0 Å². The summed E-state index contributed by atoms with van der Waals surface area (Å²) in [5, 5.41) is 0. The molecule has 4 nitrogen and oxygen atoms in total. The lowest BCUT2D eigenvalue weighted by atomic mass is 10.1. The van der Waals surface area contributed by atoms with Crippen LogP contribution in [0.2, 0.25) is 0 Å². The summed E-state index contributed by atoms with van der Waals surface area (Å²) in [7, 11) is 1.63. The van der Waals surface area contributed by atoms with Crippen molar-refractivity contribution in [1.82, 2.24) is 4.98 Å². The van der Waals surface area contributed by atoms with Gasteiger partial charge in [-0.3, -0.25) is 4.98 Å². The minimum atomic E-state index is -0.362. The smallest absolute Gasteiger partial charge is 0.131 e. The maximum absolute atomic E-state index is 13.4. The number of nitrogens with two attached hydrogens (primary N) is 1. The molecule has 0 aliphatic rings. The van der Waals surface area contributed by atoms with Crippen LogP contribution in [0.25, 0.3) is 0 Å². The van der Waals surface area contributed by atoms with Crippen LogP contribution in [-0.2, 0) is 13.2 Å². The molecule has 0 saturated heterocycles. The standard InChI is InChI=1S/C16H19FN2O2/c1-10-8-19-15(11(2)16(10)20-3)9-21-14-5-12(7-18)4-13(17)6-14/h4-6,8H,7,9,18H2,1-3H3. The van der Waals surface area contributed by atoms with E-state index in [4.69, 9.17) is 15.2 Å². The van der Waals surface area contributed by atoms with Gasteiger partial charge in [0.15, 0.2) is 0 Å². The van der Waals surface area contributed by atoms with Crippen molar-refractivity contribution in [3.8, 4) is 11.5 Å². The van der Waals surface area contributed by atoms with Crippen LogP contribution in [0, 0.1) is 19.7 Å². The van der Waals surface area contributed by atoms with E-state index in [2.05, 4.69) is 4.98 Å². The predicted octanol–water partition coefficient (Wildman–Crippen LogP) is 2.88. The average Bonchev–Trinajstić information content (AvgIpc) is 2.46. The molecule has 1 heterocycles. The van der Waals surface area contributed by atoms with Crippen molar-refractivity contribution >= 4 is 0 Å². The number of pyridine rings is 1. The lowest BCUT2D eigenvalue weighted by Crippen LogP contribution is -2.05. The number of methoxy groups -OCH3 is 1. The molecule has 0 bridgehead atoms. The molecule has 2 aromatic rings. The summed E-state index contributed by atoms with van der Waals surface area (Å²) in [5.74, 6) is 0.876. The topological polar surface area (TPSA) is 57.4 Å². The third kappa shape index (κ3) is 3.49. The van der Waals surface area contributed by atoms with Crippen molar-refractivity contribution in [3.63, 3.8) is 0 Å². The number of nitrogens with zero attached hydrogens (tertiary/aromatic N) is 1. The number of hydrogen-bond acceptors (Lipinski definition) is 4. The molecule has 0 spiro atoms. The van der Waals surface area contributed by atoms with Gasteiger partial charge < -0.3 is 15.2 Å². The molecule has 0 saturated carbocycles. The molecule has 1 aromatic heterocycles. The highest BCUT2D eigenvalue weighted by molar-refractivity contribution is 5.41. The molecule has 0 unspecified atom stereocenters. The molecule has 0 aliphatic carbocycles. The molecule has 0 aliphatic heterocycles. The molecule has 0 amide bonds. The molecule has 21 heavy (non-hydrogen) atoms. The summed E-state index contributed by atoms with van der Waals surface area (Å²) in [6.45, 7) is 4.37. The number of aromatic nitrogens is 1. The monoisotopic (exact) mass is 290 g/mol. The summed E-state index contributed by atoms with van der Waals surface area (Å²) in [4.78, 5) is 4.34. The minimum Gasteiger partial charge on any atom is -0.496 e. The quantitative estimate of drug-likeness (QED) is 0.920. The van der Waals surface area contributed by atoms with Crippen LogP contribution in [0.15, 0.2) is 24.4 Å². The Labute approximate surface area is 123 Å². The van der Waals surface area contributed by atoms with Crippen LogP contribution in [-0.4, -0.2) is 12.1 Å². The van der Waals surface area contributed by atoms with Gasteiger partial charge in [-0.1, -0.05) is 0 Å². The third-order valence-electron chi connectivity index (χ3n) is 3.29. The van der Waals surface area contributed by atoms with Crippen molar-refractivity contribution in [1.29, 1.82) is 0 Å². The Morgan fingerprint density at radius 2 is 2.00 bits per heavy atom. The van der Waals surface area contributed by atoms with Crippen molar-refractivity contribution < 1.29 is 13.9 Å². The Hall–Kier alpha value is -2.14. The molecule has 0 fully saturated rings. The Balaban J connectivity index is 2.19. The molecule has 2 rings (SSSR count). The van der Waals surface area contributed by atoms with Gasteiger partial charge in [0.25, 0.3) is 0 Å². The molecule has 112 valence electrons. The maximum Gasteiger partial charge on any atom is 0.131 e. The van der Waals surface area contributed by atoms with E-state index in [0.29, 0.717) is 11.3 Å². The Morgan fingerprint density at radius 3 is 2.67 bits per heavy atom. The lowest BCUT2D eigenvalue weighted by molar-refractivity contribution is 0.297. The van der Waals surface area contributed by atoms with Crippen molar-refractivity contribution in [2.45, 2.75) is 27.0 Å². The first kappa shape index (κ1) is 15.3. The molecule has 2 N–H and O–H groups in total. The molecule has 0 radical (unpaired) electrons. The first-order valence-electron chi connectivity index (χ1n) is 6.66. The summed E-state index contributed by atoms with van der Waals surface area (Å²) in [6, 6.07) is 4.45. The zero-order valence-electron chi connectivity index (χ0n) is 12.4. The fourth-order valence-electron chi connectivity index (χ4n) is 2.19. The number of hydrogen-bond donors (Lipinski definition) is 1. The molecule has 5 heteroatoms. The van der Waals surface area contributed by atoms with Gasteiger partial charge in [0.2, 0.25) is 0 Å². The van der Waals surface area contributed by atoms with Gasteiger partial charge in [-0.25, -0.2) is 4.39 Å². The van der Waals surface area contributed by atoms with Crippen LogP contribution >= 0.6 is 0 Å². The van der Waals surface area contributed by atoms with Gasteiger partial charge in [-0.15, -0.1) is 0 Å². The summed E-state index contributed by atoms with van der Waals surface area (Å²) < 4.78 is 24.4. The number of aryl methyl sites for hydroxylation is 1. The van der Waals surface area contributed by atoms with E-state index in [1.54, 1.807) is 19.4 Å². The van der Waals surface area contributed by atoms with Crippen LogP contribution in [0.5, 0.6) is 11.5 Å². The lowest BCUT2D eigenvalue weighted by Gasteiger charge is -2.13. The highest BCUT2D eigenvalue weighted by atomic mass is 19.1. The second-order valence-corrected chi connectivity index (χ2v) is 4.83. The number of rotatable bonds is 5. The zero-order valence-corrected chi connectivity index (χ0v) is 12.4. The molecule has 1 aromatic carbocycles. The Morgan fingerprint density at radius 1 is 1.24 bits per heavy atom. The van der Waals surface area contributed by atoms with E-state index in [9.17, 15) is 4.39 Å². The largest absolute Gasteiger partial charge is 0.496 e. The SMILES string of the molecule is COc1c(C)cnc(COc2cc(F)cc(CN)c2)c1C. The second-order valence-electron chi connectivity index (χ2n) is 4.83. The third-order valence-corrected chi connectivity index (χ3v) is 3.29. The average molecular weight is 290 g/mol. The fraction of sp³-hybridized carbons (Fsp3) is 0.312. The predicted molar refractivity (Wildman–Crippen MR) is 78.9 cm³/mol. The summed E-state index contributed by atoms with van der Waals surface area (Å²) in [5.41, 5.74) is 8.87.